The Labute approximate surface area is 111 Å². The molecule has 3 N–H and O–H groups in total. The fourth-order valence-corrected chi connectivity index (χ4v) is 1.63. The van der Waals surface area contributed by atoms with Crippen LogP contribution in [0, 0.1) is 11.3 Å². The highest BCUT2D eigenvalue weighted by Gasteiger charge is 2.05. The maximum absolute atomic E-state index is 11.9. The van der Waals surface area contributed by atoms with Gasteiger partial charge in [-0.05, 0) is 42.0 Å². The van der Waals surface area contributed by atoms with E-state index in [4.69, 9.17) is 11.0 Å². The van der Waals surface area contributed by atoms with Crippen molar-refractivity contribution in [3.05, 3.63) is 59.7 Å². The summed E-state index contributed by atoms with van der Waals surface area (Å²) in [5.74, 6) is -0.187. The van der Waals surface area contributed by atoms with E-state index < -0.39 is 0 Å². The zero-order valence-corrected chi connectivity index (χ0v) is 10.3. The van der Waals surface area contributed by atoms with Gasteiger partial charge in [0, 0.05) is 16.9 Å². The first kappa shape index (κ1) is 12.7. The summed E-state index contributed by atoms with van der Waals surface area (Å²) in [6.45, 7) is 0. The zero-order valence-electron chi connectivity index (χ0n) is 10.3. The molecule has 0 heterocycles. The minimum absolute atomic E-state index is 0.187. The van der Waals surface area contributed by atoms with Gasteiger partial charge in [0.15, 0.2) is 0 Å². The monoisotopic (exact) mass is 251 g/mol. The van der Waals surface area contributed by atoms with Crippen LogP contribution in [0.3, 0.4) is 0 Å². The third-order valence-corrected chi connectivity index (χ3v) is 2.67. The van der Waals surface area contributed by atoms with Crippen LogP contribution < -0.4 is 11.1 Å². The molecule has 0 saturated heterocycles. The minimum atomic E-state index is -0.187. The molecule has 4 heteroatoms. The van der Waals surface area contributed by atoms with Crippen LogP contribution in [-0.2, 0) is 6.42 Å². The molecule has 0 bridgehead atoms. The molecule has 0 atom stereocenters. The zero-order chi connectivity index (χ0) is 13.7. The number of nitriles is 1. The summed E-state index contributed by atoms with van der Waals surface area (Å²) < 4.78 is 0. The number of nitrogens with one attached hydrogen (secondary N) is 1. The van der Waals surface area contributed by atoms with Crippen molar-refractivity contribution in [3.8, 4) is 6.07 Å². The molecule has 19 heavy (non-hydrogen) atoms. The Morgan fingerprint density at radius 3 is 2.32 bits per heavy atom. The average Bonchev–Trinajstić information content (AvgIpc) is 2.42. The summed E-state index contributed by atoms with van der Waals surface area (Å²) in [6, 6.07) is 16.0. The van der Waals surface area contributed by atoms with Gasteiger partial charge in [-0.2, -0.15) is 5.26 Å². The largest absolute Gasteiger partial charge is 0.399 e. The molecule has 0 aliphatic heterocycles. The number of carbonyl (C=O) groups excluding carboxylic acids is 1. The molecule has 0 aliphatic rings. The van der Waals surface area contributed by atoms with Crippen molar-refractivity contribution in [1.29, 1.82) is 5.26 Å². The van der Waals surface area contributed by atoms with E-state index in [1.807, 2.05) is 12.1 Å². The molecule has 4 nitrogen and oxygen atoms in total. The fourth-order valence-electron chi connectivity index (χ4n) is 1.63. The Balaban J connectivity index is 2.06. The third-order valence-electron chi connectivity index (χ3n) is 2.67. The van der Waals surface area contributed by atoms with Crippen molar-refractivity contribution in [3.63, 3.8) is 0 Å². The van der Waals surface area contributed by atoms with E-state index in [1.54, 1.807) is 36.4 Å². The summed E-state index contributed by atoms with van der Waals surface area (Å²) in [7, 11) is 0. The number of amides is 1. The molecule has 0 aliphatic carbocycles. The highest BCUT2D eigenvalue weighted by Crippen LogP contribution is 2.12. The number of hydrogen-bond acceptors (Lipinski definition) is 3. The lowest BCUT2D eigenvalue weighted by Gasteiger charge is -2.06. The van der Waals surface area contributed by atoms with Crippen molar-refractivity contribution in [1.82, 2.24) is 0 Å². The predicted octanol–water partition coefficient (Wildman–Crippen LogP) is 2.59. The van der Waals surface area contributed by atoms with Crippen LogP contribution in [0.1, 0.15) is 15.9 Å². The van der Waals surface area contributed by atoms with Crippen molar-refractivity contribution in [2.45, 2.75) is 6.42 Å². The first-order chi connectivity index (χ1) is 9.19. The van der Waals surface area contributed by atoms with Gasteiger partial charge in [0.2, 0.25) is 0 Å². The first-order valence-electron chi connectivity index (χ1n) is 5.82. The second-order valence-electron chi connectivity index (χ2n) is 4.11. The Bertz CT molecular complexity index is 609. The number of anilines is 2. The van der Waals surface area contributed by atoms with Crippen LogP contribution in [-0.4, -0.2) is 5.91 Å². The van der Waals surface area contributed by atoms with Crippen LogP contribution in [0.25, 0.3) is 0 Å². The molecular weight excluding hydrogens is 238 g/mol. The molecule has 94 valence electrons. The quantitative estimate of drug-likeness (QED) is 0.823. The number of rotatable bonds is 3. The van der Waals surface area contributed by atoms with Crippen LogP contribution in [0.5, 0.6) is 0 Å². The molecule has 0 saturated carbocycles. The lowest BCUT2D eigenvalue weighted by atomic mass is 10.1. The van der Waals surface area contributed by atoms with E-state index in [0.717, 1.165) is 5.56 Å². The molecule has 0 spiro atoms. The molecule has 2 aromatic rings. The lowest BCUT2D eigenvalue weighted by Crippen LogP contribution is -2.11. The second kappa shape index (κ2) is 5.69. The van der Waals surface area contributed by atoms with E-state index >= 15 is 0 Å². The average molecular weight is 251 g/mol. The molecule has 0 aromatic heterocycles. The third kappa shape index (κ3) is 3.33. The number of carbonyl (C=O) groups is 1. The Morgan fingerprint density at radius 2 is 1.74 bits per heavy atom. The summed E-state index contributed by atoms with van der Waals surface area (Å²) in [4.78, 5) is 11.9. The van der Waals surface area contributed by atoms with Gasteiger partial charge >= 0.3 is 0 Å². The van der Waals surface area contributed by atoms with Crippen molar-refractivity contribution < 1.29 is 4.79 Å². The number of benzene rings is 2. The maximum atomic E-state index is 11.9. The van der Waals surface area contributed by atoms with Gasteiger partial charge in [-0.1, -0.05) is 12.1 Å². The van der Waals surface area contributed by atoms with Crippen molar-refractivity contribution in [2.75, 3.05) is 11.1 Å². The van der Waals surface area contributed by atoms with Crippen LogP contribution in [0.2, 0.25) is 0 Å². The number of hydrogen-bond donors (Lipinski definition) is 2. The normalized spacial score (nSPS) is 9.63. The van der Waals surface area contributed by atoms with Crippen LogP contribution in [0.15, 0.2) is 48.5 Å². The topological polar surface area (TPSA) is 78.9 Å². The van der Waals surface area contributed by atoms with E-state index in [-0.39, 0.29) is 5.91 Å². The van der Waals surface area contributed by atoms with E-state index in [9.17, 15) is 4.79 Å². The molecule has 2 aromatic carbocycles. The SMILES string of the molecule is N#CCc1ccc(NC(=O)c2ccc(N)cc2)cc1. The number of nitrogens with zero attached hydrogens (tertiary/aromatic N) is 1. The van der Waals surface area contributed by atoms with Crippen LogP contribution >= 0.6 is 0 Å². The van der Waals surface area contributed by atoms with Gasteiger partial charge in [-0.25, -0.2) is 0 Å². The molecule has 1 amide bonds. The molecule has 0 unspecified atom stereocenters. The van der Waals surface area contributed by atoms with E-state index in [0.29, 0.717) is 23.4 Å². The van der Waals surface area contributed by atoms with Gasteiger partial charge in [-0.3, -0.25) is 4.79 Å². The second-order valence-corrected chi connectivity index (χ2v) is 4.11. The summed E-state index contributed by atoms with van der Waals surface area (Å²) in [6.07, 6.45) is 0.367. The Morgan fingerprint density at radius 1 is 1.11 bits per heavy atom. The number of nitrogens with two attached hydrogens (primary N) is 1. The maximum Gasteiger partial charge on any atom is 0.255 e. The fraction of sp³-hybridized carbons (Fsp3) is 0.0667. The highest BCUT2D eigenvalue weighted by atomic mass is 16.1. The van der Waals surface area contributed by atoms with Crippen molar-refractivity contribution in [2.24, 2.45) is 0 Å². The van der Waals surface area contributed by atoms with Gasteiger partial charge in [0.25, 0.3) is 5.91 Å². The van der Waals surface area contributed by atoms with Gasteiger partial charge in [-0.15, -0.1) is 0 Å². The van der Waals surface area contributed by atoms with Gasteiger partial charge in [0.05, 0.1) is 12.5 Å². The number of nitrogen functional groups attached to an aromatic ring is 1. The molecule has 0 fully saturated rings. The Hall–Kier alpha value is -2.80. The summed E-state index contributed by atoms with van der Waals surface area (Å²) in [5, 5.41) is 11.4. The smallest absolute Gasteiger partial charge is 0.255 e. The van der Waals surface area contributed by atoms with E-state index in [2.05, 4.69) is 11.4 Å². The van der Waals surface area contributed by atoms with Gasteiger partial charge < -0.3 is 11.1 Å². The molecular formula is C15H13N3O. The Kier molecular flexibility index (Phi) is 3.79. The molecule has 2 rings (SSSR count). The predicted molar refractivity (Wildman–Crippen MR) is 74.6 cm³/mol. The lowest BCUT2D eigenvalue weighted by molar-refractivity contribution is 0.102. The van der Waals surface area contributed by atoms with E-state index in [1.165, 1.54) is 0 Å². The summed E-state index contributed by atoms with van der Waals surface area (Å²) >= 11 is 0. The standard InChI is InChI=1S/C15H13N3O/c16-10-9-11-1-7-14(8-2-11)18-15(19)12-3-5-13(17)6-4-12/h1-8H,9,17H2,(H,18,19). The van der Waals surface area contributed by atoms with Gasteiger partial charge in [0.1, 0.15) is 0 Å². The van der Waals surface area contributed by atoms with Crippen LogP contribution in [0.4, 0.5) is 11.4 Å². The van der Waals surface area contributed by atoms with Crippen molar-refractivity contribution >= 4 is 17.3 Å². The highest BCUT2D eigenvalue weighted by molar-refractivity contribution is 6.04. The summed E-state index contributed by atoms with van der Waals surface area (Å²) in [5.41, 5.74) is 8.36. The molecule has 0 radical (unpaired) electrons. The first-order valence-corrected chi connectivity index (χ1v) is 5.82. The minimum Gasteiger partial charge on any atom is -0.399 e.